The molecule has 1 aromatic heterocycles. The maximum atomic E-state index is 12.1. The number of methoxy groups -OCH3 is 1. The molecular formula is C14H13BrN2O2. The van der Waals surface area contributed by atoms with Crippen LogP contribution in [0.15, 0.2) is 35.1 Å². The number of benzene rings is 1. The Bertz CT molecular complexity index is 597. The fourth-order valence-corrected chi connectivity index (χ4v) is 2.08. The minimum Gasteiger partial charge on any atom is -0.496 e. The van der Waals surface area contributed by atoms with E-state index in [4.69, 9.17) is 4.74 Å². The number of carbonyl (C=O) groups excluding carboxylic acids is 1. The van der Waals surface area contributed by atoms with Crippen LogP contribution in [0.25, 0.3) is 0 Å². The first-order chi connectivity index (χ1) is 9.10. The van der Waals surface area contributed by atoms with Gasteiger partial charge in [-0.25, -0.2) is 9.97 Å². The summed E-state index contributed by atoms with van der Waals surface area (Å²) in [4.78, 5) is 20.2. The van der Waals surface area contributed by atoms with Gasteiger partial charge in [0.1, 0.15) is 5.75 Å². The molecule has 5 heteroatoms. The van der Waals surface area contributed by atoms with Crippen molar-refractivity contribution in [3.8, 4) is 5.75 Å². The zero-order valence-corrected chi connectivity index (χ0v) is 12.3. The zero-order valence-electron chi connectivity index (χ0n) is 10.7. The highest BCUT2D eigenvalue weighted by Gasteiger charge is 2.13. The Morgan fingerprint density at radius 1 is 1.32 bits per heavy atom. The van der Waals surface area contributed by atoms with E-state index >= 15 is 0 Å². The summed E-state index contributed by atoms with van der Waals surface area (Å²) in [6, 6.07) is 5.56. The Morgan fingerprint density at radius 3 is 2.63 bits per heavy atom. The summed E-state index contributed by atoms with van der Waals surface area (Å²) in [5.41, 5.74) is 1.74. The lowest BCUT2D eigenvalue weighted by Crippen LogP contribution is -2.09. The van der Waals surface area contributed by atoms with Gasteiger partial charge in [0.05, 0.1) is 7.11 Å². The molecule has 2 aromatic rings. The molecule has 0 N–H and O–H groups in total. The average molecular weight is 321 g/mol. The summed E-state index contributed by atoms with van der Waals surface area (Å²) in [5.74, 6) is 0.785. The van der Waals surface area contributed by atoms with Gasteiger partial charge in [0.25, 0.3) is 0 Å². The molecule has 0 bridgehead atoms. The minimum absolute atomic E-state index is 0.128. The lowest BCUT2D eigenvalue weighted by molar-refractivity contribution is 0.0982. The van der Waals surface area contributed by atoms with Crippen LogP contribution in [0.2, 0.25) is 0 Å². The molecule has 0 aliphatic rings. The summed E-state index contributed by atoms with van der Waals surface area (Å²) < 4.78 is 6.15. The molecule has 4 nitrogen and oxygen atoms in total. The molecule has 0 unspecified atom stereocenters. The van der Waals surface area contributed by atoms with E-state index in [1.165, 1.54) is 0 Å². The quantitative estimate of drug-likeness (QED) is 0.813. The predicted octanol–water partition coefficient (Wildman–Crippen LogP) is 2.98. The average Bonchev–Trinajstić information content (AvgIpc) is 2.39. The number of halogens is 1. The largest absolute Gasteiger partial charge is 0.496 e. The second-order valence-corrected chi connectivity index (χ2v) is 5.06. The number of ether oxygens (including phenoxy) is 1. The first-order valence-corrected chi connectivity index (χ1v) is 6.53. The fourth-order valence-electron chi connectivity index (χ4n) is 1.67. The smallest absolute Gasteiger partial charge is 0.204 e. The van der Waals surface area contributed by atoms with Gasteiger partial charge in [-0.3, -0.25) is 4.79 Å². The maximum Gasteiger partial charge on any atom is 0.204 e. The van der Waals surface area contributed by atoms with Crippen LogP contribution in [-0.4, -0.2) is 22.9 Å². The van der Waals surface area contributed by atoms with Gasteiger partial charge in [-0.05, 0) is 30.7 Å². The highest BCUT2D eigenvalue weighted by molar-refractivity contribution is 9.10. The molecule has 0 fully saturated rings. The Hall–Kier alpha value is -1.75. The van der Waals surface area contributed by atoms with Crippen molar-refractivity contribution < 1.29 is 9.53 Å². The Morgan fingerprint density at radius 2 is 2.00 bits per heavy atom. The number of ketones is 1. The van der Waals surface area contributed by atoms with Crippen molar-refractivity contribution in [2.75, 3.05) is 7.11 Å². The zero-order chi connectivity index (χ0) is 13.8. The Kier molecular flexibility index (Phi) is 4.27. The van der Waals surface area contributed by atoms with Crippen LogP contribution in [-0.2, 0) is 6.42 Å². The third-order valence-electron chi connectivity index (χ3n) is 2.62. The van der Waals surface area contributed by atoms with E-state index in [1.807, 2.05) is 25.1 Å². The van der Waals surface area contributed by atoms with Crippen LogP contribution in [0.1, 0.15) is 21.7 Å². The Balaban J connectivity index is 2.23. The lowest BCUT2D eigenvalue weighted by Gasteiger charge is -2.08. The van der Waals surface area contributed by atoms with Gasteiger partial charge in [0.15, 0.2) is 5.82 Å². The van der Waals surface area contributed by atoms with Gasteiger partial charge in [-0.2, -0.15) is 0 Å². The van der Waals surface area contributed by atoms with Crippen molar-refractivity contribution in [1.82, 2.24) is 9.97 Å². The van der Waals surface area contributed by atoms with E-state index in [2.05, 4.69) is 25.9 Å². The van der Waals surface area contributed by atoms with Crippen LogP contribution < -0.4 is 4.74 Å². The standard InChI is InChI=1S/C14H13BrN2O2/c1-9-7-16-14(17-8-9)12(18)6-10-5-11(15)3-4-13(10)19-2/h3-5,7-8H,6H2,1-2H3. The number of Topliss-reactive ketones (excluding diaryl/α,β-unsaturated/α-hetero) is 1. The third-order valence-corrected chi connectivity index (χ3v) is 3.12. The molecule has 0 aliphatic heterocycles. The fraction of sp³-hybridized carbons (Fsp3) is 0.214. The third kappa shape index (κ3) is 3.38. The highest BCUT2D eigenvalue weighted by Crippen LogP contribution is 2.24. The minimum atomic E-state index is -0.128. The van der Waals surface area contributed by atoms with Crippen LogP contribution in [0.4, 0.5) is 0 Å². The van der Waals surface area contributed by atoms with E-state index in [-0.39, 0.29) is 18.0 Å². The molecule has 0 aliphatic carbocycles. The molecule has 1 aromatic carbocycles. The summed E-state index contributed by atoms with van der Waals surface area (Å²) in [6.45, 7) is 1.88. The number of aromatic nitrogens is 2. The molecule has 0 atom stereocenters. The second kappa shape index (κ2) is 5.93. The van der Waals surface area contributed by atoms with Crippen LogP contribution in [0, 0.1) is 6.92 Å². The topological polar surface area (TPSA) is 52.1 Å². The van der Waals surface area contributed by atoms with E-state index in [0.29, 0.717) is 5.75 Å². The number of nitrogens with zero attached hydrogens (tertiary/aromatic N) is 2. The second-order valence-electron chi connectivity index (χ2n) is 4.14. The predicted molar refractivity (Wildman–Crippen MR) is 75.5 cm³/mol. The van der Waals surface area contributed by atoms with Gasteiger partial charge in [0.2, 0.25) is 5.78 Å². The molecule has 0 saturated heterocycles. The molecule has 19 heavy (non-hydrogen) atoms. The van der Waals surface area contributed by atoms with Gasteiger partial charge in [-0.15, -0.1) is 0 Å². The number of aryl methyl sites for hydroxylation is 1. The summed E-state index contributed by atoms with van der Waals surface area (Å²) >= 11 is 3.38. The summed E-state index contributed by atoms with van der Waals surface area (Å²) in [6.07, 6.45) is 3.49. The van der Waals surface area contributed by atoms with E-state index in [0.717, 1.165) is 15.6 Å². The van der Waals surface area contributed by atoms with E-state index in [9.17, 15) is 4.79 Å². The van der Waals surface area contributed by atoms with Crippen molar-refractivity contribution >= 4 is 21.7 Å². The van der Waals surface area contributed by atoms with Crippen molar-refractivity contribution in [1.29, 1.82) is 0 Å². The first-order valence-electron chi connectivity index (χ1n) is 5.74. The van der Waals surface area contributed by atoms with Crippen LogP contribution in [0.3, 0.4) is 0 Å². The molecule has 0 saturated carbocycles. The number of carbonyl (C=O) groups is 1. The van der Waals surface area contributed by atoms with Crippen molar-refractivity contribution in [3.63, 3.8) is 0 Å². The van der Waals surface area contributed by atoms with E-state index in [1.54, 1.807) is 19.5 Å². The molecule has 0 spiro atoms. The molecule has 2 rings (SSSR count). The number of hydrogen-bond acceptors (Lipinski definition) is 4. The molecule has 0 radical (unpaired) electrons. The highest BCUT2D eigenvalue weighted by atomic mass is 79.9. The van der Waals surface area contributed by atoms with Gasteiger partial charge >= 0.3 is 0 Å². The molecule has 0 amide bonds. The number of rotatable bonds is 4. The summed E-state index contributed by atoms with van der Waals surface area (Å²) in [5, 5.41) is 0. The SMILES string of the molecule is COc1ccc(Br)cc1CC(=O)c1ncc(C)cn1. The van der Waals surface area contributed by atoms with Gasteiger partial charge < -0.3 is 4.74 Å². The van der Waals surface area contributed by atoms with Crippen molar-refractivity contribution in [3.05, 3.63) is 52.0 Å². The Labute approximate surface area is 120 Å². The molecule has 98 valence electrons. The maximum absolute atomic E-state index is 12.1. The van der Waals surface area contributed by atoms with Crippen molar-refractivity contribution in [2.45, 2.75) is 13.3 Å². The van der Waals surface area contributed by atoms with Crippen LogP contribution in [0.5, 0.6) is 5.75 Å². The molecular weight excluding hydrogens is 308 g/mol. The van der Waals surface area contributed by atoms with Gasteiger partial charge in [0, 0.05) is 28.9 Å². The normalized spacial score (nSPS) is 10.3. The van der Waals surface area contributed by atoms with Gasteiger partial charge in [-0.1, -0.05) is 15.9 Å². The molecule has 1 heterocycles. The lowest BCUT2D eigenvalue weighted by atomic mass is 10.1. The summed E-state index contributed by atoms with van der Waals surface area (Å²) in [7, 11) is 1.58. The van der Waals surface area contributed by atoms with Crippen LogP contribution >= 0.6 is 15.9 Å². The van der Waals surface area contributed by atoms with E-state index < -0.39 is 0 Å². The first kappa shape index (κ1) is 13.7. The number of hydrogen-bond donors (Lipinski definition) is 0. The van der Waals surface area contributed by atoms with Crippen molar-refractivity contribution in [2.24, 2.45) is 0 Å². The monoisotopic (exact) mass is 320 g/mol.